The van der Waals surface area contributed by atoms with Gasteiger partial charge in [0.15, 0.2) is 0 Å². The van der Waals surface area contributed by atoms with Gasteiger partial charge >= 0.3 is 0 Å². The van der Waals surface area contributed by atoms with Crippen LogP contribution in [0.4, 0.5) is 0 Å². The molecule has 0 spiro atoms. The summed E-state index contributed by atoms with van der Waals surface area (Å²) in [7, 11) is 0. The fraction of sp³-hybridized carbons (Fsp3) is 0.333. The van der Waals surface area contributed by atoms with Crippen LogP contribution in [-0.2, 0) is 0 Å². The predicted octanol–water partition coefficient (Wildman–Crippen LogP) is 4.02. The average molecular weight is 331 g/mol. The fourth-order valence-corrected chi connectivity index (χ4v) is 4.42. The number of benzene rings is 1. The summed E-state index contributed by atoms with van der Waals surface area (Å²) >= 11 is 0. The maximum atomic E-state index is 13.0. The van der Waals surface area contributed by atoms with Gasteiger partial charge in [-0.3, -0.25) is 4.79 Å². The van der Waals surface area contributed by atoms with Gasteiger partial charge in [0.25, 0.3) is 5.91 Å². The van der Waals surface area contributed by atoms with Crippen molar-refractivity contribution in [2.24, 2.45) is 5.92 Å². The second-order valence-corrected chi connectivity index (χ2v) is 7.32. The lowest BCUT2D eigenvalue weighted by molar-refractivity contribution is 0.0732. The Kier molecular flexibility index (Phi) is 3.37. The maximum absolute atomic E-state index is 13.0. The number of rotatable bonds is 2. The quantitative estimate of drug-likeness (QED) is 0.711. The third-order valence-corrected chi connectivity index (χ3v) is 5.68. The number of hydrogen-bond donors (Lipinski definition) is 0. The van der Waals surface area contributed by atoms with E-state index in [1.807, 2.05) is 47.1 Å². The Morgan fingerprint density at radius 1 is 1.04 bits per heavy atom. The third-order valence-electron chi connectivity index (χ3n) is 5.68. The molecular weight excluding hydrogens is 310 g/mol. The smallest absolute Gasteiger partial charge is 0.255 e. The van der Waals surface area contributed by atoms with Crippen LogP contribution < -0.4 is 0 Å². The SMILES string of the molecule is O=C(c1ccc2nc(-c3ccccc3)cn2c1)N1C[C@@H]2CCC[C@H]1C2. The minimum absolute atomic E-state index is 0.172. The number of pyridine rings is 1. The van der Waals surface area contributed by atoms with Gasteiger partial charge < -0.3 is 9.30 Å². The van der Waals surface area contributed by atoms with Gasteiger partial charge in [0.1, 0.15) is 5.65 Å². The second-order valence-electron chi connectivity index (χ2n) is 7.32. The zero-order valence-corrected chi connectivity index (χ0v) is 14.1. The van der Waals surface area contributed by atoms with Crippen molar-refractivity contribution in [3.8, 4) is 11.3 Å². The van der Waals surface area contributed by atoms with Crippen molar-refractivity contribution in [2.45, 2.75) is 31.7 Å². The zero-order valence-electron chi connectivity index (χ0n) is 14.1. The number of amides is 1. The molecular formula is C21H21N3O. The highest BCUT2D eigenvalue weighted by Gasteiger charge is 2.38. The molecule has 4 heteroatoms. The zero-order chi connectivity index (χ0) is 16.8. The number of carbonyl (C=O) groups is 1. The fourth-order valence-electron chi connectivity index (χ4n) is 4.42. The number of nitrogens with zero attached hydrogens (tertiary/aromatic N) is 3. The first kappa shape index (κ1) is 14.7. The lowest BCUT2D eigenvalue weighted by Gasteiger charge is -2.24. The summed E-state index contributed by atoms with van der Waals surface area (Å²) in [4.78, 5) is 19.8. The Labute approximate surface area is 147 Å². The Morgan fingerprint density at radius 3 is 2.76 bits per heavy atom. The minimum atomic E-state index is 0.172. The normalized spacial score (nSPS) is 22.5. The average Bonchev–Trinajstić information content (AvgIpc) is 3.21. The number of aromatic nitrogens is 2. The predicted molar refractivity (Wildman–Crippen MR) is 97.4 cm³/mol. The molecule has 2 fully saturated rings. The molecule has 2 bridgehead atoms. The molecule has 2 aliphatic rings. The van der Waals surface area contributed by atoms with Gasteiger partial charge in [-0.2, -0.15) is 0 Å². The van der Waals surface area contributed by atoms with E-state index in [0.29, 0.717) is 12.0 Å². The van der Waals surface area contributed by atoms with E-state index in [0.717, 1.165) is 35.4 Å². The molecule has 2 atom stereocenters. The summed E-state index contributed by atoms with van der Waals surface area (Å²) in [6, 6.07) is 14.5. The molecule has 25 heavy (non-hydrogen) atoms. The van der Waals surface area contributed by atoms with Crippen LogP contribution in [0.5, 0.6) is 0 Å². The van der Waals surface area contributed by atoms with Gasteiger partial charge in [-0.05, 0) is 37.3 Å². The summed E-state index contributed by atoms with van der Waals surface area (Å²) in [6.07, 6.45) is 8.83. The first-order valence-electron chi connectivity index (χ1n) is 9.13. The van der Waals surface area contributed by atoms with Crippen LogP contribution in [-0.4, -0.2) is 32.8 Å². The number of hydrogen-bond acceptors (Lipinski definition) is 2. The van der Waals surface area contributed by atoms with Crippen molar-refractivity contribution in [3.63, 3.8) is 0 Å². The highest BCUT2D eigenvalue weighted by atomic mass is 16.2. The molecule has 2 aromatic heterocycles. The molecule has 1 amide bonds. The monoisotopic (exact) mass is 331 g/mol. The standard InChI is InChI=1S/C21H21N3O/c25-21(24-12-15-5-4-8-18(24)11-15)17-9-10-20-22-19(14-23(20)13-17)16-6-2-1-3-7-16/h1-3,6-7,9-10,13-15,18H,4-5,8,11-12H2/t15-,18+/m1/s1. The maximum Gasteiger partial charge on any atom is 0.255 e. The van der Waals surface area contributed by atoms with E-state index in [9.17, 15) is 4.79 Å². The molecule has 1 aliphatic heterocycles. The number of carbonyl (C=O) groups excluding carboxylic acids is 1. The lowest BCUT2D eigenvalue weighted by atomic mass is 9.90. The summed E-state index contributed by atoms with van der Waals surface area (Å²) in [5.41, 5.74) is 3.65. The first-order chi connectivity index (χ1) is 12.3. The van der Waals surface area contributed by atoms with Gasteiger partial charge in [-0.15, -0.1) is 0 Å². The molecule has 0 N–H and O–H groups in total. The van der Waals surface area contributed by atoms with E-state index < -0.39 is 0 Å². The molecule has 5 rings (SSSR count). The van der Waals surface area contributed by atoms with Crippen LogP contribution in [0, 0.1) is 5.92 Å². The molecule has 4 nitrogen and oxygen atoms in total. The van der Waals surface area contributed by atoms with E-state index in [2.05, 4.69) is 22.0 Å². The molecule has 1 saturated carbocycles. The Bertz CT molecular complexity index is 931. The van der Waals surface area contributed by atoms with Crippen LogP contribution >= 0.6 is 0 Å². The Balaban J connectivity index is 1.47. The molecule has 0 unspecified atom stereocenters. The molecule has 1 aromatic carbocycles. The van der Waals surface area contributed by atoms with E-state index in [-0.39, 0.29) is 5.91 Å². The number of likely N-dealkylation sites (tertiary alicyclic amines) is 1. The van der Waals surface area contributed by atoms with Crippen LogP contribution in [0.1, 0.15) is 36.0 Å². The molecule has 3 aromatic rings. The highest BCUT2D eigenvalue weighted by Crippen LogP contribution is 2.36. The van der Waals surface area contributed by atoms with Crippen molar-refractivity contribution in [3.05, 3.63) is 60.4 Å². The van der Waals surface area contributed by atoms with Crippen LogP contribution in [0.3, 0.4) is 0 Å². The van der Waals surface area contributed by atoms with E-state index in [1.165, 1.54) is 19.3 Å². The van der Waals surface area contributed by atoms with Gasteiger partial charge in [-0.25, -0.2) is 4.98 Å². The van der Waals surface area contributed by atoms with Gasteiger partial charge in [0.05, 0.1) is 11.3 Å². The van der Waals surface area contributed by atoms with Crippen molar-refractivity contribution in [1.82, 2.24) is 14.3 Å². The number of fused-ring (bicyclic) bond motifs is 3. The molecule has 3 heterocycles. The Hall–Kier alpha value is -2.62. The molecule has 1 aliphatic carbocycles. The lowest BCUT2D eigenvalue weighted by Crippen LogP contribution is -2.35. The second kappa shape index (κ2) is 5.73. The molecule has 126 valence electrons. The topological polar surface area (TPSA) is 37.6 Å². The van der Waals surface area contributed by atoms with Gasteiger partial charge in [-0.1, -0.05) is 36.8 Å². The summed E-state index contributed by atoms with van der Waals surface area (Å²) in [6.45, 7) is 0.931. The van der Waals surface area contributed by atoms with Crippen molar-refractivity contribution >= 4 is 11.6 Å². The molecule has 0 radical (unpaired) electrons. The van der Waals surface area contributed by atoms with Crippen molar-refractivity contribution in [1.29, 1.82) is 0 Å². The van der Waals surface area contributed by atoms with Crippen LogP contribution in [0.2, 0.25) is 0 Å². The van der Waals surface area contributed by atoms with Crippen molar-refractivity contribution < 1.29 is 4.79 Å². The number of imidazole rings is 1. The van der Waals surface area contributed by atoms with E-state index >= 15 is 0 Å². The van der Waals surface area contributed by atoms with Crippen LogP contribution in [0.25, 0.3) is 16.9 Å². The van der Waals surface area contributed by atoms with Gasteiger partial charge in [0.2, 0.25) is 0 Å². The first-order valence-corrected chi connectivity index (χ1v) is 9.13. The summed E-state index contributed by atoms with van der Waals surface area (Å²) in [5, 5.41) is 0. The largest absolute Gasteiger partial charge is 0.335 e. The van der Waals surface area contributed by atoms with Gasteiger partial charge in [0, 0.05) is 30.5 Å². The highest BCUT2D eigenvalue weighted by molar-refractivity contribution is 5.94. The van der Waals surface area contributed by atoms with E-state index in [4.69, 9.17) is 0 Å². The van der Waals surface area contributed by atoms with Crippen molar-refractivity contribution in [2.75, 3.05) is 6.54 Å². The Morgan fingerprint density at radius 2 is 1.92 bits per heavy atom. The third kappa shape index (κ3) is 2.53. The van der Waals surface area contributed by atoms with Crippen LogP contribution in [0.15, 0.2) is 54.9 Å². The summed E-state index contributed by atoms with van der Waals surface area (Å²) in [5.74, 6) is 0.885. The summed E-state index contributed by atoms with van der Waals surface area (Å²) < 4.78 is 1.97. The minimum Gasteiger partial charge on any atom is -0.335 e. The molecule has 1 saturated heterocycles. The van der Waals surface area contributed by atoms with E-state index in [1.54, 1.807) is 0 Å².